The minimum Gasteiger partial charge on any atom is -0.496 e. The van der Waals surface area contributed by atoms with E-state index in [1.165, 1.54) is 0 Å². The van der Waals surface area contributed by atoms with Crippen molar-refractivity contribution < 1.29 is 9.53 Å². The van der Waals surface area contributed by atoms with Gasteiger partial charge in [0, 0.05) is 13.1 Å². The van der Waals surface area contributed by atoms with E-state index in [-0.39, 0.29) is 5.91 Å². The lowest BCUT2D eigenvalue weighted by Gasteiger charge is -2.10. The van der Waals surface area contributed by atoms with Gasteiger partial charge in [-0.2, -0.15) is 5.10 Å². The minimum absolute atomic E-state index is 0.124. The second-order valence-electron chi connectivity index (χ2n) is 6.55. The molecule has 1 aromatic carbocycles. The monoisotopic (exact) mass is 406 g/mol. The van der Waals surface area contributed by atoms with Crippen LogP contribution in [0.25, 0.3) is 21.6 Å². The van der Waals surface area contributed by atoms with E-state index in [0.717, 1.165) is 32.9 Å². The summed E-state index contributed by atoms with van der Waals surface area (Å²) >= 11 is 1.60. The molecule has 3 aromatic heterocycles. The van der Waals surface area contributed by atoms with Crippen LogP contribution in [0.15, 0.2) is 54.0 Å². The second-order valence-corrected chi connectivity index (χ2v) is 7.50. The molecule has 4 aromatic rings. The summed E-state index contributed by atoms with van der Waals surface area (Å²) in [6, 6.07) is 13.7. The fourth-order valence-electron chi connectivity index (χ4n) is 3.33. The highest BCUT2D eigenvalue weighted by Crippen LogP contribution is 2.28. The van der Waals surface area contributed by atoms with Crippen LogP contribution in [-0.4, -0.2) is 34.3 Å². The number of thiophene rings is 1. The molecule has 0 aliphatic heterocycles. The normalized spacial score (nSPS) is 11.0. The Labute approximate surface area is 173 Å². The van der Waals surface area contributed by atoms with Gasteiger partial charge in [0.05, 0.1) is 34.8 Å². The molecule has 3 heterocycles. The summed E-state index contributed by atoms with van der Waals surface area (Å²) < 4.78 is 7.20. The lowest BCUT2D eigenvalue weighted by Crippen LogP contribution is -2.26. The number of hydrogen-bond acceptors (Lipinski definition) is 5. The van der Waals surface area contributed by atoms with E-state index in [1.54, 1.807) is 24.6 Å². The molecule has 0 atom stereocenters. The number of methoxy groups -OCH3 is 1. The van der Waals surface area contributed by atoms with Gasteiger partial charge in [-0.1, -0.05) is 24.3 Å². The number of amides is 1. The molecule has 0 aliphatic rings. The van der Waals surface area contributed by atoms with Crippen LogP contribution in [0.3, 0.4) is 0 Å². The lowest BCUT2D eigenvalue weighted by atomic mass is 10.1. The van der Waals surface area contributed by atoms with Crippen LogP contribution in [0.2, 0.25) is 0 Å². The fourth-order valence-corrected chi connectivity index (χ4v) is 4.02. The maximum absolute atomic E-state index is 13.0. The number of benzene rings is 1. The highest BCUT2D eigenvalue weighted by atomic mass is 32.1. The topological polar surface area (TPSA) is 69.0 Å². The Morgan fingerprint density at radius 3 is 2.86 bits per heavy atom. The summed E-state index contributed by atoms with van der Waals surface area (Å²) in [5.74, 6) is 0.706. The number of pyridine rings is 1. The molecule has 6 nitrogen and oxygen atoms in total. The van der Waals surface area contributed by atoms with E-state index in [1.807, 2.05) is 59.5 Å². The number of ether oxygens (including phenoxy) is 1. The van der Waals surface area contributed by atoms with E-state index in [4.69, 9.17) is 9.72 Å². The summed E-state index contributed by atoms with van der Waals surface area (Å²) in [4.78, 5) is 18.8. The zero-order chi connectivity index (χ0) is 20.2. The number of nitrogens with zero attached hydrogens (tertiary/aromatic N) is 3. The lowest BCUT2D eigenvalue weighted by molar-refractivity contribution is 0.0955. The predicted octanol–water partition coefficient (Wildman–Crippen LogP) is 4.16. The standard InChI is InChI=1S/C22H22N4O2S/c1-3-26-21-17(14-24-26)16(13-18(25-21)20-9-6-12-29-20)22(27)23-11-10-15-7-4-5-8-19(15)28-2/h4-9,12-14H,3,10-11H2,1-2H3,(H,23,27). The molecule has 1 amide bonds. The average molecular weight is 407 g/mol. The fraction of sp³-hybridized carbons (Fsp3) is 0.227. The number of fused-ring (bicyclic) bond motifs is 1. The van der Waals surface area contributed by atoms with Gasteiger partial charge in [0.15, 0.2) is 5.65 Å². The van der Waals surface area contributed by atoms with Crippen molar-refractivity contribution in [1.29, 1.82) is 0 Å². The Kier molecular flexibility index (Phi) is 5.57. The molecular weight excluding hydrogens is 384 g/mol. The average Bonchev–Trinajstić information content (AvgIpc) is 3.43. The molecule has 0 bridgehead atoms. The molecule has 0 unspecified atom stereocenters. The van der Waals surface area contributed by atoms with Crippen LogP contribution < -0.4 is 10.1 Å². The van der Waals surface area contributed by atoms with Gasteiger partial charge < -0.3 is 10.1 Å². The van der Waals surface area contributed by atoms with Crippen LogP contribution >= 0.6 is 11.3 Å². The Morgan fingerprint density at radius 1 is 1.24 bits per heavy atom. The highest BCUT2D eigenvalue weighted by Gasteiger charge is 2.17. The third-order valence-electron chi connectivity index (χ3n) is 4.80. The number of nitrogens with one attached hydrogen (secondary N) is 1. The van der Waals surface area contributed by atoms with Crippen molar-refractivity contribution in [1.82, 2.24) is 20.1 Å². The van der Waals surface area contributed by atoms with Crippen molar-refractivity contribution >= 4 is 28.3 Å². The third kappa shape index (κ3) is 3.86. The van der Waals surface area contributed by atoms with Gasteiger partial charge in [-0.25, -0.2) is 9.67 Å². The molecule has 0 fully saturated rings. The van der Waals surface area contributed by atoms with E-state index < -0.39 is 0 Å². The molecule has 0 spiro atoms. The first-order chi connectivity index (χ1) is 14.2. The van der Waals surface area contributed by atoms with Crippen LogP contribution in [0.4, 0.5) is 0 Å². The van der Waals surface area contributed by atoms with Crippen molar-refractivity contribution in [3.63, 3.8) is 0 Å². The molecule has 0 saturated carbocycles. The molecule has 0 aliphatic carbocycles. The number of carbonyl (C=O) groups is 1. The number of aryl methyl sites for hydroxylation is 1. The second kappa shape index (κ2) is 8.45. The van der Waals surface area contributed by atoms with Crippen molar-refractivity contribution in [3.8, 4) is 16.3 Å². The van der Waals surface area contributed by atoms with Gasteiger partial charge in [-0.15, -0.1) is 11.3 Å². The predicted molar refractivity (Wildman–Crippen MR) is 116 cm³/mol. The Bertz CT molecular complexity index is 1140. The van der Waals surface area contributed by atoms with E-state index in [0.29, 0.717) is 25.1 Å². The van der Waals surface area contributed by atoms with Crippen LogP contribution in [-0.2, 0) is 13.0 Å². The van der Waals surface area contributed by atoms with Crippen molar-refractivity contribution in [3.05, 3.63) is 65.2 Å². The van der Waals surface area contributed by atoms with E-state index >= 15 is 0 Å². The highest BCUT2D eigenvalue weighted by molar-refractivity contribution is 7.13. The third-order valence-corrected chi connectivity index (χ3v) is 5.69. The molecule has 7 heteroatoms. The van der Waals surface area contributed by atoms with Crippen LogP contribution in [0.1, 0.15) is 22.8 Å². The smallest absolute Gasteiger partial charge is 0.252 e. The van der Waals surface area contributed by atoms with Crippen molar-refractivity contribution in [2.45, 2.75) is 19.9 Å². The number of aromatic nitrogens is 3. The maximum atomic E-state index is 13.0. The van der Waals surface area contributed by atoms with Crippen LogP contribution in [0, 0.1) is 0 Å². The number of rotatable bonds is 7. The summed E-state index contributed by atoms with van der Waals surface area (Å²) in [6.07, 6.45) is 2.41. The molecule has 0 radical (unpaired) electrons. The maximum Gasteiger partial charge on any atom is 0.252 e. The molecule has 148 valence electrons. The van der Waals surface area contributed by atoms with Gasteiger partial charge >= 0.3 is 0 Å². The Hall–Kier alpha value is -3.19. The van der Waals surface area contributed by atoms with Crippen molar-refractivity contribution in [2.24, 2.45) is 0 Å². The van der Waals surface area contributed by atoms with Gasteiger partial charge in [0.1, 0.15) is 5.75 Å². The number of para-hydroxylation sites is 1. The largest absolute Gasteiger partial charge is 0.496 e. The molecule has 4 rings (SSSR count). The summed E-state index contributed by atoms with van der Waals surface area (Å²) in [6.45, 7) is 3.22. The van der Waals surface area contributed by atoms with Gasteiger partial charge in [-0.3, -0.25) is 4.79 Å². The van der Waals surface area contributed by atoms with Gasteiger partial charge in [0.25, 0.3) is 5.91 Å². The summed E-state index contributed by atoms with van der Waals surface area (Å²) in [5, 5.41) is 10.2. The summed E-state index contributed by atoms with van der Waals surface area (Å²) in [5.41, 5.74) is 3.18. The first kappa shape index (κ1) is 19.1. The molecule has 1 N–H and O–H groups in total. The van der Waals surface area contributed by atoms with Gasteiger partial charge in [0.2, 0.25) is 0 Å². The molecule has 29 heavy (non-hydrogen) atoms. The Morgan fingerprint density at radius 2 is 2.10 bits per heavy atom. The zero-order valence-corrected chi connectivity index (χ0v) is 17.2. The number of hydrogen-bond donors (Lipinski definition) is 1. The van der Waals surface area contributed by atoms with E-state index in [9.17, 15) is 4.79 Å². The molecular formula is C22H22N4O2S. The summed E-state index contributed by atoms with van der Waals surface area (Å²) in [7, 11) is 1.66. The Balaban J connectivity index is 1.60. The SMILES string of the molecule is CCn1ncc2c(C(=O)NCCc3ccccc3OC)cc(-c3cccs3)nc21. The van der Waals surface area contributed by atoms with E-state index in [2.05, 4.69) is 10.4 Å². The van der Waals surface area contributed by atoms with Crippen molar-refractivity contribution in [2.75, 3.05) is 13.7 Å². The minimum atomic E-state index is -0.124. The molecule has 0 saturated heterocycles. The van der Waals surface area contributed by atoms with Crippen LogP contribution in [0.5, 0.6) is 5.75 Å². The number of carbonyl (C=O) groups excluding carboxylic acids is 1. The van der Waals surface area contributed by atoms with Gasteiger partial charge in [-0.05, 0) is 42.5 Å². The first-order valence-electron chi connectivity index (χ1n) is 9.51. The first-order valence-corrected chi connectivity index (χ1v) is 10.4. The zero-order valence-electron chi connectivity index (χ0n) is 16.4. The quantitative estimate of drug-likeness (QED) is 0.500.